The van der Waals surface area contributed by atoms with E-state index in [0.29, 0.717) is 25.0 Å². The molecule has 194 valence electrons. The monoisotopic (exact) mass is 500 g/mol. The van der Waals surface area contributed by atoms with Gasteiger partial charge in [-0.05, 0) is 32.3 Å². The van der Waals surface area contributed by atoms with Gasteiger partial charge in [0.2, 0.25) is 5.76 Å². The summed E-state index contributed by atoms with van der Waals surface area (Å²) in [6, 6.07) is 0. The molecule has 0 aromatic rings. The van der Waals surface area contributed by atoms with Crippen molar-refractivity contribution in [2.24, 2.45) is 10.8 Å². The van der Waals surface area contributed by atoms with Crippen LogP contribution in [0.1, 0.15) is 46.5 Å². The van der Waals surface area contributed by atoms with Crippen molar-refractivity contribution in [3.05, 3.63) is 47.3 Å². The van der Waals surface area contributed by atoms with Crippen molar-refractivity contribution < 1.29 is 43.2 Å². The number of hydrogen-bond donors (Lipinski definition) is 1. The molecule has 0 aromatic heterocycles. The Morgan fingerprint density at radius 2 is 1.69 bits per heavy atom. The molecule has 1 saturated carbocycles. The first-order chi connectivity index (χ1) is 17.1. The molecule has 5 aliphatic rings. The minimum absolute atomic E-state index is 0.0248. The van der Waals surface area contributed by atoms with Crippen LogP contribution in [-0.2, 0) is 38.1 Å². The van der Waals surface area contributed by atoms with Gasteiger partial charge in [-0.25, -0.2) is 14.4 Å². The van der Waals surface area contributed by atoms with E-state index >= 15 is 0 Å². The van der Waals surface area contributed by atoms with Crippen LogP contribution in [0.3, 0.4) is 0 Å². The number of ether oxygens (including phenoxy) is 5. The molecule has 2 aliphatic carbocycles. The van der Waals surface area contributed by atoms with Gasteiger partial charge in [-0.3, -0.25) is 0 Å². The van der Waals surface area contributed by atoms with Gasteiger partial charge in [-0.15, -0.1) is 0 Å². The fraction of sp³-hybridized carbons (Fsp3) is 0.593. The van der Waals surface area contributed by atoms with Crippen LogP contribution in [0.2, 0.25) is 0 Å². The average Bonchev–Trinajstić information content (AvgIpc) is 3.62. The number of allylic oxidation sites excluding steroid dienone is 3. The zero-order valence-corrected chi connectivity index (χ0v) is 20.8. The predicted molar refractivity (Wildman–Crippen MR) is 126 cm³/mol. The summed E-state index contributed by atoms with van der Waals surface area (Å²) in [6.45, 7) is 6.10. The van der Waals surface area contributed by atoms with E-state index in [1.54, 1.807) is 6.92 Å². The third-order valence-corrected chi connectivity index (χ3v) is 8.83. The first-order valence-electron chi connectivity index (χ1n) is 12.4. The van der Waals surface area contributed by atoms with Gasteiger partial charge >= 0.3 is 17.9 Å². The van der Waals surface area contributed by atoms with Gasteiger partial charge in [-0.1, -0.05) is 30.7 Å². The maximum atomic E-state index is 12.9. The Hall–Kier alpha value is -2.91. The molecule has 36 heavy (non-hydrogen) atoms. The van der Waals surface area contributed by atoms with Crippen molar-refractivity contribution in [1.29, 1.82) is 0 Å². The van der Waals surface area contributed by atoms with E-state index in [9.17, 15) is 19.5 Å². The van der Waals surface area contributed by atoms with E-state index in [2.05, 4.69) is 13.0 Å². The summed E-state index contributed by atoms with van der Waals surface area (Å²) >= 11 is 0. The molecule has 5 rings (SSSR count). The Bertz CT molecular complexity index is 1090. The topological polar surface area (TPSA) is 121 Å². The first kappa shape index (κ1) is 24.8. The maximum Gasteiger partial charge on any atom is 0.373 e. The van der Waals surface area contributed by atoms with E-state index in [4.69, 9.17) is 23.7 Å². The SMILES string of the molecule is CC1=C[C@H]2O[C@@H]3C[C@H]4OC(=O)/C=C\C=C\C(=O)OCC/C(C)=C(/O)C(=O)OC[C@@]2(CC1)[C@]4(C)[C@]31CO1. The summed E-state index contributed by atoms with van der Waals surface area (Å²) in [5.41, 5.74) is -0.527. The Morgan fingerprint density at radius 3 is 2.42 bits per heavy atom. The summed E-state index contributed by atoms with van der Waals surface area (Å²) in [5, 5.41) is 10.5. The molecule has 0 amide bonds. The van der Waals surface area contributed by atoms with Gasteiger partial charge in [0.05, 0.1) is 30.8 Å². The summed E-state index contributed by atoms with van der Waals surface area (Å²) in [7, 11) is 0. The number of carbonyl (C=O) groups excluding carboxylic acids is 3. The maximum absolute atomic E-state index is 12.9. The molecule has 3 aliphatic heterocycles. The van der Waals surface area contributed by atoms with E-state index in [-0.39, 0.29) is 31.8 Å². The number of aliphatic hydroxyl groups excluding tert-OH is 1. The molecular weight excluding hydrogens is 468 g/mol. The largest absolute Gasteiger partial charge is 0.502 e. The standard InChI is InChI=1S/C27H32O9/c1-16-8-10-26-14-33-24(31)23(30)17(2)9-11-32-21(28)6-4-5-7-22(29)36-18-13-20(35-19(26)12-16)27(15-34-27)25(18,26)3/h4-7,12,18-20,30H,8-11,13-15H2,1-3H3/b6-4+,7-5-,23-17+/t18-,19-,20-,25-,26-,27+/m1/s1. The number of cyclic esters (lactones) is 2. The van der Waals surface area contributed by atoms with E-state index < -0.39 is 46.2 Å². The molecule has 2 bridgehead atoms. The Morgan fingerprint density at radius 1 is 0.972 bits per heavy atom. The quantitative estimate of drug-likeness (QED) is 0.232. The third kappa shape index (κ3) is 3.71. The van der Waals surface area contributed by atoms with Crippen LogP contribution in [0.15, 0.2) is 47.3 Å². The van der Waals surface area contributed by atoms with Gasteiger partial charge in [0.1, 0.15) is 18.3 Å². The Kier molecular flexibility index (Phi) is 6.11. The second-order valence-corrected chi connectivity index (χ2v) is 10.6. The summed E-state index contributed by atoms with van der Waals surface area (Å²) in [6.07, 6.45) is 8.23. The lowest BCUT2D eigenvalue weighted by molar-refractivity contribution is -0.232. The van der Waals surface area contributed by atoms with Gasteiger partial charge < -0.3 is 28.8 Å². The number of epoxide rings is 1. The average molecular weight is 501 g/mol. The normalized spacial score (nSPS) is 44.8. The van der Waals surface area contributed by atoms with Gasteiger partial charge in [0.25, 0.3) is 0 Å². The van der Waals surface area contributed by atoms with E-state index in [1.807, 2.05) is 6.92 Å². The lowest BCUT2D eigenvalue weighted by atomic mass is 9.51. The van der Waals surface area contributed by atoms with Crippen LogP contribution in [0.5, 0.6) is 0 Å². The number of rotatable bonds is 0. The molecule has 0 radical (unpaired) electrons. The molecule has 1 N–H and O–H groups in total. The minimum atomic E-state index is -0.856. The molecule has 3 fully saturated rings. The highest BCUT2D eigenvalue weighted by Crippen LogP contribution is 2.72. The predicted octanol–water partition coefficient (Wildman–Crippen LogP) is 3.01. The van der Waals surface area contributed by atoms with Gasteiger partial charge in [0.15, 0.2) is 0 Å². The van der Waals surface area contributed by atoms with Gasteiger partial charge in [-0.2, -0.15) is 0 Å². The van der Waals surface area contributed by atoms with Gasteiger partial charge in [0, 0.05) is 30.4 Å². The highest BCUT2D eigenvalue weighted by Gasteiger charge is 2.83. The molecular formula is C27H32O9. The van der Waals surface area contributed by atoms with E-state index in [1.165, 1.54) is 29.9 Å². The molecule has 0 aromatic carbocycles. The molecule has 2 saturated heterocycles. The third-order valence-electron chi connectivity index (χ3n) is 8.83. The second-order valence-electron chi connectivity index (χ2n) is 10.6. The molecule has 3 heterocycles. The zero-order chi connectivity index (χ0) is 25.7. The summed E-state index contributed by atoms with van der Waals surface area (Å²) < 4.78 is 29.4. The van der Waals surface area contributed by atoms with Crippen LogP contribution in [0.25, 0.3) is 0 Å². The second kappa shape index (κ2) is 8.88. The van der Waals surface area contributed by atoms with Crippen LogP contribution >= 0.6 is 0 Å². The molecule has 9 heteroatoms. The number of esters is 3. The lowest BCUT2D eigenvalue weighted by Gasteiger charge is -2.58. The van der Waals surface area contributed by atoms with Crippen LogP contribution in [0.4, 0.5) is 0 Å². The highest BCUT2D eigenvalue weighted by atomic mass is 16.6. The number of hydrogen-bond acceptors (Lipinski definition) is 9. The van der Waals surface area contributed by atoms with Crippen LogP contribution in [0, 0.1) is 10.8 Å². The lowest BCUT2D eigenvalue weighted by Crippen LogP contribution is -2.66. The summed E-state index contributed by atoms with van der Waals surface area (Å²) in [5.74, 6) is -2.52. The first-order valence-corrected chi connectivity index (χ1v) is 12.4. The van der Waals surface area contributed by atoms with Crippen molar-refractivity contribution in [2.75, 3.05) is 19.8 Å². The highest BCUT2D eigenvalue weighted by molar-refractivity contribution is 5.87. The molecule has 6 atom stereocenters. The minimum Gasteiger partial charge on any atom is -0.502 e. The van der Waals surface area contributed by atoms with Crippen molar-refractivity contribution in [3.63, 3.8) is 0 Å². The Balaban J connectivity index is 1.55. The molecule has 2 spiro atoms. The zero-order valence-electron chi connectivity index (χ0n) is 20.8. The Labute approximate surface area is 209 Å². The van der Waals surface area contributed by atoms with Crippen molar-refractivity contribution in [1.82, 2.24) is 0 Å². The fourth-order valence-corrected chi connectivity index (χ4v) is 6.49. The van der Waals surface area contributed by atoms with Crippen molar-refractivity contribution >= 4 is 17.9 Å². The number of aliphatic hydroxyl groups is 1. The number of carbonyl (C=O) groups is 3. The fourth-order valence-electron chi connectivity index (χ4n) is 6.49. The van der Waals surface area contributed by atoms with Crippen molar-refractivity contribution in [2.45, 2.75) is 70.4 Å². The van der Waals surface area contributed by atoms with E-state index in [0.717, 1.165) is 6.42 Å². The molecule has 0 unspecified atom stereocenters. The summed E-state index contributed by atoms with van der Waals surface area (Å²) in [4.78, 5) is 37.5. The van der Waals surface area contributed by atoms with Crippen molar-refractivity contribution in [3.8, 4) is 0 Å². The van der Waals surface area contributed by atoms with Crippen LogP contribution < -0.4 is 0 Å². The van der Waals surface area contributed by atoms with Crippen LogP contribution in [-0.4, -0.2) is 66.7 Å². The smallest absolute Gasteiger partial charge is 0.373 e. The molecule has 9 nitrogen and oxygen atoms in total.